The molecule has 17 heavy (non-hydrogen) atoms. The largest absolute Gasteiger partial charge is 0.481 e. The fraction of sp³-hybridized carbons (Fsp3) is 0.455. The number of aliphatic carboxylic acids is 1. The zero-order valence-electron chi connectivity index (χ0n) is 9.41. The van der Waals surface area contributed by atoms with Gasteiger partial charge in [0.05, 0.1) is 11.5 Å². The minimum Gasteiger partial charge on any atom is -0.481 e. The molecule has 1 saturated heterocycles. The van der Waals surface area contributed by atoms with Gasteiger partial charge in [0.15, 0.2) is 0 Å². The summed E-state index contributed by atoms with van der Waals surface area (Å²) in [6.45, 7) is 2.64. The molecular weight excluding hydrogens is 222 g/mol. The number of hydrogen-bond donors (Lipinski definition) is 1. The number of likely N-dealkylation sites (tertiary alicyclic amines) is 1. The van der Waals surface area contributed by atoms with Gasteiger partial charge in [0.25, 0.3) is 5.91 Å². The van der Waals surface area contributed by atoms with Gasteiger partial charge in [-0.3, -0.25) is 9.59 Å². The molecule has 1 aliphatic rings. The quantitative estimate of drug-likeness (QED) is 0.813. The van der Waals surface area contributed by atoms with Crippen molar-refractivity contribution in [2.75, 3.05) is 13.1 Å². The molecule has 1 N–H and O–H groups in total. The van der Waals surface area contributed by atoms with Crippen LogP contribution in [0.15, 0.2) is 18.7 Å². The van der Waals surface area contributed by atoms with Crippen LogP contribution in [0.2, 0.25) is 0 Å². The van der Waals surface area contributed by atoms with Crippen molar-refractivity contribution in [3.8, 4) is 0 Å². The fourth-order valence-electron chi connectivity index (χ4n) is 1.79. The molecule has 1 amide bonds. The normalized spacial score (nSPS) is 17.4. The first kappa shape index (κ1) is 11.5. The second-order valence-corrected chi connectivity index (χ2v) is 4.22. The van der Waals surface area contributed by atoms with Crippen LogP contribution in [0.25, 0.3) is 0 Å². The van der Waals surface area contributed by atoms with Crippen molar-refractivity contribution in [2.24, 2.45) is 11.8 Å². The van der Waals surface area contributed by atoms with E-state index < -0.39 is 11.9 Å². The summed E-state index contributed by atoms with van der Waals surface area (Å²) < 4.78 is 0. The number of aromatic nitrogens is 2. The Morgan fingerprint density at radius 3 is 2.53 bits per heavy atom. The molecule has 0 bridgehead atoms. The number of carbonyl (C=O) groups excluding carboxylic acids is 1. The Labute approximate surface area is 98.3 Å². The maximum Gasteiger partial charge on any atom is 0.306 e. The van der Waals surface area contributed by atoms with E-state index in [0.29, 0.717) is 18.7 Å². The van der Waals surface area contributed by atoms with Crippen molar-refractivity contribution >= 4 is 11.9 Å². The first-order valence-corrected chi connectivity index (χ1v) is 5.36. The minimum absolute atomic E-state index is 0.0427. The molecule has 1 fully saturated rings. The number of nitrogens with zero attached hydrogens (tertiary/aromatic N) is 3. The van der Waals surface area contributed by atoms with Crippen LogP contribution in [0.5, 0.6) is 0 Å². The van der Waals surface area contributed by atoms with Gasteiger partial charge >= 0.3 is 5.97 Å². The molecule has 1 aromatic rings. The van der Waals surface area contributed by atoms with E-state index in [1.807, 2.05) is 0 Å². The van der Waals surface area contributed by atoms with E-state index in [9.17, 15) is 9.59 Å². The van der Waals surface area contributed by atoms with E-state index in [4.69, 9.17) is 5.11 Å². The van der Waals surface area contributed by atoms with Crippen LogP contribution in [-0.2, 0) is 4.79 Å². The van der Waals surface area contributed by atoms with Crippen molar-refractivity contribution in [3.63, 3.8) is 0 Å². The van der Waals surface area contributed by atoms with Gasteiger partial charge in [-0.1, -0.05) is 6.92 Å². The molecule has 1 unspecified atom stereocenters. The molecule has 0 aromatic carbocycles. The summed E-state index contributed by atoms with van der Waals surface area (Å²) >= 11 is 0. The molecule has 1 aromatic heterocycles. The third-order valence-electron chi connectivity index (χ3n) is 3.10. The lowest BCUT2D eigenvalue weighted by Gasteiger charge is -2.41. The molecule has 1 atom stereocenters. The zero-order chi connectivity index (χ0) is 12.4. The smallest absolute Gasteiger partial charge is 0.306 e. The Hall–Kier alpha value is -1.98. The van der Waals surface area contributed by atoms with Gasteiger partial charge in [-0.15, -0.1) is 0 Å². The molecular formula is C11H13N3O3. The Morgan fingerprint density at radius 2 is 2.00 bits per heavy atom. The SMILES string of the molecule is CC(C(=O)O)C1CN(C(=O)c2cncnc2)C1. The molecule has 0 radical (unpaired) electrons. The third-order valence-corrected chi connectivity index (χ3v) is 3.10. The van der Waals surface area contributed by atoms with E-state index >= 15 is 0 Å². The average molecular weight is 235 g/mol. The number of rotatable bonds is 3. The molecule has 1 aliphatic heterocycles. The Morgan fingerprint density at radius 1 is 1.41 bits per heavy atom. The van der Waals surface area contributed by atoms with E-state index in [0.717, 1.165) is 0 Å². The summed E-state index contributed by atoms with van der Waals surface area (Å²) in [6.07, 6.45) is 4.29. The van der Waals surface area contributed by atoms with Crippen LogP contribution in [-0.4, -0.2) is 44.9 Å². The molecule has 90 valence electrons. The second kappa shape index (κ2) is 4.48. The lowest BCUT2D eigenvalue weighted by molar-refractivity contribution is -0.144. The summed E-state index contributed by atoms with van der Waals surface area (Å²) in [7, 11) is 0. The monoisotopic (exact) mass is 235 g/mol. The van der Waals surface area contributed by atoms with E-state index in [1.165, 1.54) is 18.7 Å². The summed E-state index contributed by atoms with van der Waals surface area (Å²) in [5, 5.41) is 8.84. The summed E-state index contributed by atoms with van der Waals surface area (Å²) in [5.41, 5.74) is 0.439. The number of hydrogen-bond acceptors (Lipinski definition) is 4. The van der Waals surface area contributed by atoms with Crippen LogP contribution in [0.4, 0.5) is 0 Å². The fourth-order valence-corrected chi connectivity index (χ4v) is 1.79. The van der Waals surface area contributed by atoms with Crippen molar-refractivity contribution in [1.82, 2.24) is 14.9 Å². The summed E-state index contributed by atoms with van der Waals surface area (Å²) in [4.78, 5) is 31.8. The first-order valence-electron chi connectivity index (χ1n) is 5.36. The van der Waals surface area contributed by atoms with Gasteiger partial charge in [0.2, 0.25) is 0 Å². The maximum atomic E-state index is 11.9. The predicted octanol–water partition coefficient (Wildman–Crippen LogP) is 0.269. The van der Waals surface area contributed by atoms with E-state index in [-0.39, 0.29) is 11.8 Å². The van der Waals surface area contributed by atoms with Gasteiger partial charge in [0, 0.05) is 31.4 Å². The predicted molar refractivity (Wildman–Crippen MR) is 58.2 cm³/mol. The number of carboxylic acids is 1. The van der Waals surface area contributed by atoms with Crippen molar-refractivity contribution < 1.29 is 14.7 Å². The van der Waals surface area contributed by atoms with Crippen molar-refractivity contribution in [2.45, 2.75) is 6.92 Å². The Balaban J connectivity index is 1.92. The molecule has 2 heterocycles. The van der Waals surface area contributed by atoms with Gasteiger partial charge < -0.3 is 10.0 Å². The summed E-state index contributed by atoms with van der Waals surface area (Å²) in [5.74, 6) is -1.32. The minimum atomic E-state index is -0.815. The van der Waals surface area contributed by atoms with Crippen molar-refractivity contribution in [1.29, 1.82) is 0 Å². The molecule has 6 nitrogen and oxygen atoms in total. The highest BCUT2D eigenvalue weighted by atomic mass is 16.4. The Bertz CT molecular complexity index is 429. The highest BCUT2D eigenvalue weighted by Gasteiger charge is 2.37. The van der Waals surface area contributed by atoms with Crippen LogP contribution < -0.4 is 0 Å². The lowest BCUT2D eigenvalue weighted by atomic mass is 9.87. The zero-order valence-corrected chi connectivity index (χ0v) is 9.41. The van der Waals surface area contributed by atoms with Gasteiger partial charge in [-0.25, -0.2) is 9.97 Å². The van der Waals surface area contributed by atoms with Crippen LogP contribution in [0.1, 0.15) is 17.3 Å². The average Bonchev–Trinajstić information content (AvgIpc) is 2.27. The summed E-state index contributed by atoms with van der Waals surface area (Å²) in [6, 6.07) is 0. The van der Waals surface area contributed by atoms with Gasteiger partial charge in [0.1, 0.15) is 6.33 Å². The number of carboxylic acid groups (broad SMARTS) is 1. The highest BCUT2D eigenvalue weighted by molar-refractivity contribution is 5.94. The molecule has 0 aliphatic carbocycles. The molecule has 6 heteroatoms. The Kier molecular flexibility index (Phi) is 3.03. The van der Waals surface area contributed by atoms with E-state index in [2.05, 4.69) is 9.97 Å². The molecule has 0 spiro atoms. The number of carbonyl (C=O) groups is 2. The van der Waals surface area contributed by atoms with Gasteiger partial charge in [-0.05, 0) is 0 Å². The number of amides is 1. The van der Waals surface area contributed by atoms with Crippen LogP contribution in [0, 0.1) is 11.8 Å². The van der Waals surface area contributed by atoms with Crippen LogP contribution >= 0.6 is 0 Å². The third kappa shape index (κ3) is 2.25. The molecule has 0 saturated carbocycles. The van der Waals surface area contributed by atoms with Crippen LogP contribution in [0.3, 0.4) is 0 Å². The topological polar surface area (TPSA) is 83.4 Å². The van der Waals surface area contributed by atoms with E-state index in [1.54, 1.807) is 11.8 Å². The second-order valence-electron chi connectivity index (χ2n) is 4.22. The molecule has 2 rings (SSSR count). The first-order chi connectivity index (χ1) is 8.09. The maximum absolute atomic E-state index is 11.9. The van der Waals surface area contributed by atoms with Crippen molar-refractivity contribution in [3.05, 3.63) is 24.3 Å². The lowest BCUT2D eigenvalue weighted by Crippen LogP contribution is -2.53. The standard InChI is InChI=1S/C11H13N3O3/c1-7(11(16)17)9-4-14(5-9)10(15)8-2-12-6-13-3-8/h2-3,6-7,9H,4-5H2,1H3,(H,16,17). The van der Waals surface area contributed by atoms with Gasteiger partial charge in [-0.2, -0.15) is 0 Å². The highest BCUT2D eigenvalue weighted by Crippen LogP contribution is 2.25.